The molecule has 1 aromatic heterocycles. The van der Waals surface area contributed by atoms with Crippen molar-refractivity contribution in [3.8, 4) is 0 Å². The van der Waals surface area contributed by atoms with Crippen molar-refractivity contribution >= 4 is 28.9 Å². The van der Waals surface area contributed by atoms with Gasteiger partial charge in [-0.15, -0.1) is 0 Å². The van der Waals surface area contributed by atoms with Crippen LogP contribution in [-0.4, -0.2) is 41.4 Å². The number of halogens is 1. The van der Waals surface area contributed by atoms with Crippen LogP contribution >= 0.6 is 0 Å². The zero-order valence-corrected chi connectivity index (χ0v) is 17.7. The number of aryl methyl sites for hydroxylation is 1. The number of rotatable bonds is 8. The Kier molecular flexibility index (Phi) is 7.29. The summed E-state index contributed by atoms with van der Waals surface area (Å²) in [6.07, 6.45) is 5.50. The lowest BCUT2D eigenvalue weighted by Crippen LogP contribution is -2.26. The maximum Gasteiger partial charge on any atom is 0.249 e. The van der Waals surface area contributed by atoms with Gasteiger partial charge >= 0.3 is 0 Å². The summed E-state index contributed by atoms with van der Waals surface area (Å²) in [5.41, 5.74) is 6.42. The molecule has 0 bridgehead atoms. The summed E-state index contributed by atoms with van der Waals surface area (Å²) in [6, 6.07) is 15.0. The number of hydrogen-bond acceptors (Lipinski definition) is 6. The molecule has 2 N–H and O–H groups in total. The van der Waals surface area contributed by atoms with Crippen LogP contribution in [0.1, 0.15) is 5.56 Å². The summed E-state index contributed by atoms with van der Waals surface area (Å²) < 4.78 is 13.4. The lowest BCUT2D eigenvalue weighted by Gasteiger charge is -2.25. The van der Waals surface area contributed by atoms with Crippen molar-refractivity contribution in [2.75, 3.05) is 36.4 Å². The highest BCUT2D eigenvalue weighted by Crippen LogP contribution is 2.26. The quantitative estimate of drug-likeness (QED) is 0.421. The average Bonchev–Trinajstić information content (AvgIpc) is 2.73. The van der Waals surface area contributed by atoms with Gasteiger partial charge in [0, 0.05) is 18.3 Å². The maximum atomic E-state index is 13.4. The largest absolute Gasteiger partial charge is 0.322 e. The normalized spacial score (nSPS) is 11.0. The molecule has 1 heterocycles. The molecular weight excluding hydrogens is 395 g/mol. The van der Waals surface area contributed by atoms with Gasteiger partial charge in [0.1, 0.15) is 0 Å². The summed E-state index contributed by atoms with van der Waals surface area (Å²) >= 11 is 0. The van der Waals surface area contributed by atoms with E-state index in [2.05, 4.69) is 20.7 Å². The first-order chi connectivity index (χ1) is 14.9. The Bertz CT molecular complexity index is 1050. The van der Waals surface area contributed by atoms with Gasteiger partial charge in [-0.2, -0.15) is 0 Å². The second kappa shape index (κ2) is 10.3. The fourth-order valence-electron chi connectivity index (χ4n) is 2.77. The molecule has 0 unspecified atom stereocenters. The van der Waals surface area contributed by atoms with Gasteiger partial charge in [-0.25, -0.2) is 19.4 Å². The monoisotopic (exact) mass is 420 g/mol. The van der Waals surface area contributed by atoms with E-state index in [9.17, 15) is 9.18 Å². The van der Waals surface area contributed by atoms with Gasteiger partial charge in [-0.05, 0) is 56.9 Å². The molecule has 0 fully saturated rings. The molecule has 0 saturated carbocycles. The number of carbonyl (C=O) groups excluding carboxylic acids is 1. The molecule has 0 atom stereocenters. The molecule has 1 amide bonds. The molecule has 0 aliphatic heterocycles. The smallest absolute Gasteiger partial charge is 0.249 e. The Morgan fingerprint density at radius 1 is 1.06 bits per heavy atom. The molecule has 160 valence electrons. The second-order valence-electron chi connectivity index (χ2n) is 7.22. The van der Waals surface area contributed by atoms with Crippen molar-refractivity contribution in [2.45, 2.75) is 6.92 Å². The third-order valence-electron chi connectivity index (χ3n) is 4.18. The van der Waals surface area contributed by atoms with Crippen LogP contribution in [0.25, 0.3) is 0 Å². The van der Waals surface area contributed by atoms with E-state index in [1.807, 2.05) is 62.3 Å². The summed E-state index contributed by atoms with van der Waals surface area (Å²) in [5, 5.41) is 4.48. The van der Waals surface area contributed by atoms with Crippen LogP contribution in [0, 0.1) is 12.7 Å². The predicted octanol–water partition coefficient (Wildman–Crippen LogP) is 4.15. The molecule has 2 aromatic carbocycles. The Labute approximate surface area is 181 Å². The van der Waals surface area contributed by atoms with Gasteiger partial charge in [0.2, 0.25) is 11.9 Å². The minimum absolute atomic E-state index is 0.227. The third kappa shape index (κ3) is 6.61. The van der Waals surface area contributed by atoms with Gasteiger partial charge in [-0.3, -0.25) is 10.2 Å². The Balaban J connectivity index is 1.86. The van der Waals surface area contributed by atoms with Gasteiger partial charge in [0.15, 0.2) is 5.82 Å². The highest BCUT2D eigenvalue weighted by Gasteiger charge is 2.14. The lowest BCUT2D eigenvalue weighted by molar-refractivity contribution is -0.111. The molecule has 0 aliphatic carbocycles. The highest BCUT2D eigenvalue weighted by molar-refractivity contribution is 5.99. The van der Waals surface area contributed by atoms with Crippen molar-refractivity contribution in [3.05, 3.63) is 84.5 Å². The molecule has 7 nitrogen and oxygen atoms in total. The van der Waals surface area contributed by atoms with Crippen molar-refractivity contribution in [3.63, 3.8) is 0 Å². The average molecular weight is 420 g/mol. The van der Waals surface area contributed by atoms with E-state index >= 15 is 0 Å². The fraction of sp³-hybridized carbons (Fsp3) is 0.174. The van der Waals surface area contributed by atoms with Gasteiger partial charge in [0.05, 0.1) is 23.8 Å². The summed E-state index contributed by atoms with van der Waals surface area (Å²) in [7, 11) is 3.86. The summed E-state index contributed by atoms with van der Waals surface area (Å²) in [4.78, 5) is 22.3. The van der Waals surface area contributed by atoms with E-state index in [1.54, 1.807) is 23.2 Å². The van der Waals surface area contributed by atoms with Gasteiger partial charge in [0.25, 0.3) is 0 Å². The van der Waals surface area contributed by atoms with E-state index in [0.29, 0.717) is 17.9 Å². The number of nitrogens with one attached hydrogen (secondary N) is 2. The number of likely N-dealkylation sites (N-methyl/N-ethyl adjacent to an activating group) is 1. The Morgan fingerprint density at radius 3 is 2.48 bits per heavy atom. The van der Waals surface area contributed by atoms with Gasteiger partial charge in [-0.1, -0.05) is 24.3 Å². The van der Waals surface area contributed by atoms with Crippen LogP contribution in [0.3, 0.4) is 0 Å². The number of nitrogens with zero attached hydrogens (tertiary/aromatic N) is 4. The predicted molar refractivity (Wildman–Crippen MR) is 122 cm³/mol. The Hall–Kier alpha value is -3.78. The highest BCUT2D eigenvalue weighted by atomic mass is 19.1. The number of hydrazine groups is 1. The number of benzene rings is 2. The standard InChI is InChI=1S/C23H25FN6O/c1-17-7-4-9-20(13-17)28-30(23-25-15-18(24)16-26-23)21-10-5-8-19(14-21)27-22(31)11-6-12-29(2)3/h4-11,13-16,28H,12H2,1-3H3,(H,27,31)/b11-6+. The fourth-order valence-corrected chi connectivity index (χ4v) is 2.77. The number of anilines is 4. The zero-order chi connectivity index (χ0) is 22.2. The van der Waals surface area contributed by atoms with Crippen LogP contribution in [0.5, 0.6) is 0 Å². The molecule has 0 saturated heterocycles. The molecule has 0 spiro atoms. The number of carbonyl (C=O) groups is 1. The molecule has 3 rings (SSSR count). The molecule has 31 heavy (non-hydrogen) atoms. The van der Waals surface area contributed by atoms with Crippen molar-refractivity contribution in [2.24, 2.45) is 0 Å². The van der Waals surface area contributed by atoms with E-state index in [4.69, 9.17) is 0 Å². The summed E-state index contributed by atoms with van der Waals surface area (Å²) in [6.45, 7) is 2.66. The van der Waals surface area contributed by atoms with Crippen LogP contribution in [0.15, 0.2) is 73.1 Å². The van der Waals surface area contributed by atoms with Gasteiger partial charge < -0.3 is 10.2 Å². The molecule has 0 radical (unpaired) electrons. The van der Waals surface area contributed by atoms with Crippen molar-refractivity contribution in [1.29, 1.82) is 0 Å². The SMILES string of the molecule is Cc1cccc(NN(c2cccc(NC(=O)/C=C/CN(C)C)c2)c2ncc(F)cn2)c1. The molecular formula is C23H25FN6O. The minimum Gasteiger partial charge on any atom is -0.322 e. The van der Waals surface area contributed by atoms with Crippen LogP contribution in [0.4, 0.5) is 27.4 Å². The van der Waals surface area contributed by atoms with E-state index < -0.39 is 5.82 Å². The first-order valence-corrected chi connectivity index (χ1v) is 9.74. The summed E-state index contributed by atoms with van der Waals surface area (Å²) in [5.74, 6) is -0.489. The van der Waals surface area contributed by atoms with E-state index in [1.165, 1.54) is 6.08 Å². The third-order valence-corrected chi connectivity index (χ3v) is 4.18. The van der Waals surface area contributed by atoms with Crippen molar-refractivity contribution in [1.82, 2.24) is 14.9 Å². The molecule has 3 aromatic rings. The number of hydrogen-bond donors (Lipinski definition) is 2. The number of aromatic nitrogens is 2. The zero-order valence-electron chi connectivity index (χ0n) is 17.7. The first kappa shape index (κ1) is 21.9. The lowest BCUT2D eigenvalue weighted by atomic mass is 10.2. The second-order valence-corrected chi connectivity index (χ2v) is 7.22. The molecule has 0 aliphatic rings. The maximum absolute atomic E-state index is 13.4. The van der Waals surface area contributed by atoms with Crippen LogP contribution < -0.4 is 15.8 Å². The number of amides is 1. The van der Waals surface area contributed by atoms with E-state index in [-0.39, 0.29) is 11.9 Å². The minimum atomic E-state index is -0.523. The van der Waals surface area contributed by atoms with Crippen molar-refractivity contribution < 1.29 is 9.18 Å². The van der Waals surface area contributed by atoms with Crippen LogP contribution in [0.2, 0.25) is 0 Å². The van der Waals surface area contributed by atoms with E-state index in [0.717, 1.165) is 23.6 Å². The topological polar surface area (TPSA) is 73.4 Å². The Morgan fingerprint density at radius 2 is 1.77 bits per heavy atom. The van der Waals surface area contributed by atoms with Crippen LogP contribution in [-0.2, 0) is 4.79 Å². The first-order valence-electron chi connectivity index (χ1n) is 9.74. The molecule has 8 heteroatoms.